The fourth-order valence-corrected chi connectivity index (χ4v) is 10.8. The number of imide groups is 1. The third-order valence-corrected chi connectivity index (χ3v) is 14.2. The second-order valence-electron chi connectivity index (χ2n) is 17.2. The molecule has 13 nitrogen and oxygen atoms in total. The Morgan fingerprint density at radius 1 is 0.934 bits per heavy atom. The van der Waals surface area contributed by atoms with Gasteiger partial charge in [0.05, 0.1) is 34.0 Å². The van der Waals surface area contributed by atoms with Gasteiger partial charge in [0.1, 0.15) is 10.7 Å². The van der Waals surface area contributed by atoms with E-state index in [0.29, 0.717) is 52.5 Å². The number of hydrogen-bond acceptors (Lipinski definition) is 10. The third kappa shape index (κ3) is 7.47. The minimum absolute atomic E-state index is 0.00531. The van der Waals surface area contributed by atoms with Crippen LogP contribution in [0.15, 0.2) is 60.7 Å². The normalized spacial score (nSPS) is 22.5. The van der Waals surface area contributed by atoms with Gasteiger partial charge >= 0.3 is 0 Å². The highest BCUT2D eigenvalue weighted by molar-refractivity contribution is 7.21. The van der Waals surface area contributed by atoms with Crippen molar-refractivity contribution in [1.82, 2.24) is 35.6 Å². The predicted molar refractivity (Wildman–Crippen MR) is 236 cm³/mol. The topological polar surface area (TPSA) is 154 Å². The van der Waals surface area contributed by atoms with Gasteiger partial charge in [0, 0.05) is 102 Å². The summed E-state index contributed by atoms with van der Waals surface area (Å²) in [7, 11) is 1.90. The fraction of sp³-hybridized carbons (Fsp3) is 0.391. The molecule has 1 unspecified atom stereocenters. The van der Waals surface area contributed by atoms with Crippen LogP contribution in [0, 0.1) is 11.7 Å². The van der Waals surface area contributed by atoms with Crippen molar-refractivity contribution in [1.29, 1.82) is 0 Å². The number of benzene rings is 3. The summed E-state index contributed by atoms with van der Waals surface area (Å²) in [6.07, 6.45) is 4.64. The molecule has 10 rings (SSSR count). The van der Waals surface area contributed by atoms with E-state index < -0.39 is 11.7 Å². The number of carbonyl (C=O) groups excluding carboxylic acids is 4. The molecule has 0 bridgehead atoms. The molecule has 6 aromatic rings. The van der Waals surface area contributed by atoms with E-state index in [4.69, 9.17) is 10.1 Å². The maximum atomic E-state index is 15.7. The molecule has 15 heteroatoms. The molecule has 1 saturated carbocycles. The summed E-state index contributed by atoms with van der Waals surface area (Å²) < 4.78 is 18.5. The number of nitrogens with zero attached hydrogens (tertiary/aromatic N) is 5. The van der Waals surface area contributed by atoms with E-state index in [9.17, 15) is 19.2 Å². The lowest BCUT2D eigenvalue weighted by molar-refractivity contribution is -0.134. The molecule has 1 aliphatic carbocycles. The Hall–Kier alpha value is -5.93. The van der Waals surface area contributed by atoms with E-state index >= 15 is 4.39 Å². The molecule has 2 atom stereocenters. The summed E-state index contributed by atoms with van der Waals surface area (Å²) in [6, 6.07) is 18.6. The average Bonchev–Trinajstić information content (AvgIpc) is 3.76. The Bertz CT molecular complexity index is 2750. The third-order valence-electron chi connectivity index (χ3n) is 13.1. The molecule has 3 aromatic carbocycles. The molecule has 3 fully saturated rings. The van der Waals surface area contributed by atoms with E-state index in [1.165, 1.54) is 17.4 Å². The first kappa shape index (κ1) is 39.2. The van der Waals surface area contributed by atoms with Crippen LogP contribution in [-0.2, 0) is 16.6 Å². The number of piperidine rings is 1. The number of fused-ring (bicyclic) bond motifs is 6. The second kappa shape index (κ2) is 15.8. The van der Waals surface area contributed by atoms with Crippen LogP contribution in [-0.4, -0.2) is 94.6 Å². The molecule has 4 N–H and O–H groups in total. The van der Waals surface area contributed by atoms with Crippen molar-refractivity contribution in [2.45, 2.75) is 63.5 Å². The molecule has 2 saturated heterocycles. The van der Waals surface area contributed by atoms with Crippen LogP contribution in [0.4, 0.5) is 15.8 Å². The fourth-order valence-electron chi connectivity index (χ4n) is 9.73. The van der Waals surface area contributed by atoms with Crippen LogP contribution in [0.25, 0.3) is 43.1 Å². The number of carbonyl (C=O) groups is 4. The quantitative estimate of drug-likeness (QED) is 0.135. The second-order valence-corrected chi connectivity index (χ2v) is 18.2. The van der Waals surface area contributed by atoms with Crippen LogP contribution < -0.4 is 26.2 Å². The SMILES string of the molecule is C[C@@H]1CNc2c(sc3ccc4nc(-c5ccc(C(=O)N[C@H]6CC[C@H](CN7CCN(c8ccc9c(C%10CCC(=O)NC%10=O)nn(C)c9c8)CC7)CC6)cc5F)ccc4c23)C(=O)N1. The minimum atomic E-state index is -0.502. The lowest BCUT2D eigenvalue weighted by Crippen LogP contribution is -2.48. The molecule has 61 heavy (non-hydrogen) atoms. The first-order chi connectivity index (χ1) is 29.6. The first-order valence-corrected chi connectivity index (χ1v) is 22.2. The number of piperazine rings is 1. The standard InChI is InChI=1S/C46H48FN9O4S/c1-25-23-48-42-40-31-11-13-35(51-36(31)14-15-38(40)61-43(42)46(60)49-25)30-9-5-27(21-34(30)47)44(58)50-28-6-3-26(4-7-28)24-55-17-19-56(20-18-55)29-8-10-32-37(22-29)54(2)53-41(32)33-12-16-39(57)52-45(33)59/h5,8-11,13-15,21-22,25-26,28,33,48H,3-4,6-7,12,16-20,23-24H2,1-2H3,(H,49,60)(H,50,58)(H,52,57,59)/t25-,26-,28-,33?/m1/s1. The van der Waals surface area contributed by atoms with Crippen molar-refractivity contribution in [3.63, 3.8) is 0 Å². The number of hydrogen-bond donors (Lipinski definition) is 4. The molecular weight excluding hydrogens is 794 g/mol. The van der Waals surface area contributed by atoms with E-state index in [1.807, 2.05) is 36.9 Å². The summed E-state index contributed by atoms with van der Waals surface area (Å²) in [6.45, 7) is 7.39. The van der Waals surface area contributed by atoms with Crippen molar-refractivity contribution in [2.75, 3.05) is 49.5 Å². The molecule has 0 spiro atoms. The molecule has 4 amide bonds. The average molecular weight is 842 g/mol. The minimum Gasteiger partial charge on any atom is -0.381 e. The molecule has 6 heterocycles. The molecular formula is C46H48FN9O4S. The van der Waals surface area contributed by atoms with Gasteiger partial charge in [-0.3, -0.25) is 34.1 Å². The summed E-state index contributed by atoms with van der Waals surface area (Å²) in [4.78, 5) is 60.9. The zero-order valence-corrected chi connectivity index (χ0v) is 35.0. The Labute approximate surface area is 356 Å². The number of nitrogens with one attached hydrogen (secondary N) is 4. The van der Waals surface area contributed by atoms with Gasteiger partial charge in [-0.05, 0) is 106 Å². The van der Waals surface area contributed by atoms with Crippen LogP contribution in [0.5, 0.6) is 0 Å². The number of aromatic nitrogens is 3. The van der Waals surface area contributed by atoms with E-state index in [1.54, 1.807) is 18.2 Å². The highest BCUT2D eigenvalue weighted by Gasteiger charge is 2.32. The first-order valence-electron chi connectivity index (χ1n) is 21.4. The van der Waals surface area contributed by atoms with Crippen molar-refractivity contribution in [2.24, 2.45) is 13.0 Å². The van der Waals surface area contributed by atoms with Crippen molar-refractivity contribution >= 4 is 78.2 Å². The number of rotatable bonds is 7. The Morgan fingerprint density at radius 3 is 2.52 bits per heavy atom. The molecule has 3 aromatic heterocycles. The molecule has 3 aliphatic heterocycles. The van der Waals surface area contributed by atoms with Gasteiger partial charge in [0.15, 0.2) is 0 Å². The van der Waals surface area contributed by atoms with Crippen LogP contribution >= 0.6 is 11.3 Å². The Morgan fingerprint density at radius 2 is 1.74 bits per heavy atom. The lowest BCUT2D eigenvalue weighted by atomic mass is 9.85. The molecule has 314 valence electrons. The monoisotopic (exact) mass is 841 g/mol. The maximum absolute atomic E-state index is 15.7. The lowest BCUT2D eigenvalue weighted by Gasteiger charge is -2.39. The molecule has 0 radical (unpaired) electrons. The number of halogens is 1. The van der Waals surface area contributed by atoms with Gasteiger partial charge in [0.2, 0.25) is 11.8 Å². The van der Waals surface area contributed by atoms with E-state index in [2.05, 4.69) is 49.3 Å². The molecule has 4 aliphatic rings. The maximum Gasteiger partial charge on any atom is 0.263 e. The van der Waals surface area contributed by atoms with Gasteiger partial charge in [-0.25, -0.2) is 9.37 Å². The predicted octanol–water partition coefficient (Wildman–Crippen LogP) is 6.32. The Kier molecular flexibility index (Phi) is 10.2. The zero-order valence-electron chi connectivity index (χ0n) is 34.2. The van der Waals surface area contributed by atoms with Crippen LogP contribution in [0.2, 0.25) is 0 Å². The highest BCUT2D eigenvalue weighted by Crippen LogP contribution is 2.41. The summed E-state index contributed by atoms with van der Waals surface area (Å²) in [5.41, 5.74) is 5.46. The number of aryl methyl sites for hydroxylation is 1. The van der Waals surface area contributed by atoms with Gasteiger partial charge in [-0.2, -0.15) is 5.10 Å². The van der Waals surface area contributed by atoms with Crippen molar-refractivity contribution in [3.8, 4) is 11.3 Å². The summed E-state index contributed by atoms with van der Waals surface area (Å²) in [5.74, 6) is -1.21. The van der Waals surface area contributed by atoms with Gasteiger partial charge in [0.25, 0.3) is 11.8 Å². The number of pyridine rings is 1. The van der Waals surface area contributed by atoms with E-state index in [0.717, 1.165) is 102 Å². The van der Waals surface area contributed by atoms with Gasteiger partial charge in [-0.1, -0.05) is 0 Å². The summed E-state index contributed by atoms with van der Waals surface area (Å²) in [5, 5.41) is 19.6. The highest BCUT2D eigenvalue weighted by atomic mass is 32.1. The summed E-state index contributed by atoms with van der Waals surface area (Å²) >= 11 is 1.45. The largest absolute Gasteiger partial charge is 0.381 e. The number of thiophene rings is 1. The van der Waals surface area contributed by atoms with Crippen molar-refractivity contribution in [3.05, 3.63) is 82.6 Å². The number of anilines is 2. The van der Waals surface area contributed by atoms with Gasteiger partial charge in [-0.15, -0.1) is 11.3 Å². The van der Waals surface area contributed by atoms with Gasteiger partial charge < -0.3 is 20.9 Å². The number of amides is 4. The van der Waals surface area contributed by atoms with E-state index in [-0.39, 0.29) is 35.7 Å². The smallest absolute Gasteiger partial charge is 0.263 e. The van der Waals surface area contributed by atoms with Crippen LogP contribution in [0.3, 0.4) is 0 Å². The zero-order chi connectivity index (χ0) is 41.9. The Balaban J connectivity index is 0.719. The van der Waals surface area contributed by atoms with Crippen molar-refractivity contribution < 1.29 is 23.6 Å². The van der Waals surface area contributed by atoms with Crippen LogP contribution in [0.1, 0.15) is 77.1 Å².